The van der Waals surface area contributed by atoms with Gasteiger partial charge in [0.2, 0.25) is 5.91 Å². The standard InChI is InChI=1S/C19H21N5O2/c1-15(16-6-8-18(26-2)9-7-16)24(11-17-5-3-4-10-21-17)19(25)12-23-14-20-13-22-23/h3-10,13-15H,11-12H2,1-2H3. The quantitative estimate of drug-likeness (QED) is 0.654. The number of rotatable bonds is 7. The van der Waals surface area contributed by atoms with Crippen molar-refractivity contribution in [3.8, 4) is 5.75 Å². The Kier molecular flexibility index (Phi) is 5.58. The van der Waals surface area contributed by atoms with Crippen LogP contribution < -0.4 is 4.74 Å². The molecule has 0 saturated carbocycles. The molecule has 0 spiro atoms. The second kappa shape index (κ2) is 8.24. The van der Waals surface area contributed by atoms with Crippen molar-refractivity contribution in [1.82, 2.24) is 24.6 Å². The van der Waals surface area contributed by atoms with Crippen molar-refractivity contribution < 1.29 is 9.53 Å². The summed E-state index contributed by atoms with van der Waals surface area (Å²) in [6.07, 6.45) is 4.69. The van der Waals surface area contributed by atoms with Crippen LogP contribution in [0, 0.1) is 0 Å². The Bertz CT molecular complexity index is 819. The van der Waals surface area contributed by atoms with E-state index in [2.05, 4.69) is 15.1 Å². The highest BCUT2D eigenvalue weighted by Crippen LogP contribution is 2.24. The Balaban J connectivity index is 1.83. The van der Waals surface area contributed by atoms with Crippen LogP contribution in [0.1, 0.15) is 24.2 Å². The minimum atomic E-state index is -0.126. The first-order chi connectivity index (χ1) is 12.7. The number of pyridine rings is 1. The van der Waals surface area contributed by atoms with Crippen molar-refractivity contribution in [2.24, 2.45) is 0 Å². The topological polar surface area (TPSA) is 73.1 Å². The van der Waals surface area contributed by atoms with E-state index in [0.717, 1.165) is 17.0 Å². The number of amides is 1. The van der Waals surface area contributed by atoms with Gasteiger partial charge in [-0.15, -0.1) is 0 Å². The minimum Gasteiger partial charge on any atom is -0.497 e. The Morgan fingerprint density at radius 1 is 1.23 bits per heavy atom. The van der Waals surface area contributed by atoms with Crippen LogP contribution in [0.4, 0.5) is 0 Å². The van der Waals surface area contributed by atoms with Gasteiger partial charge >= 0.3 is 0 Å². The second-order valence-corrected chi connectivity index (χ2v) is 5.88. The van der Waals surface area contributed by atoms with Crippen molar-refractivity contribution in [3.05, 3.63) is 72.6 Å². The molecule has 0 fully saturated rings. The average molecular weight is 351 g/mol. The lowest BCUT2D eigenvalue weighted by molar-refractivity contribution is -0.135. The number of carbonyl (C=O) groups excluding carboxylic acids is 1. The smallest absolute Gasteiger partial charge is 0.245 e. The van der Waals surface area contributed by atoms with Gasteiger partial charge in [-0.3, -0.25) is 9.78 Å². The Hall–Kier alpha value is -3.22. The van der Waals surface area contributed by atoms with Gasteiger partial charge in [0, 0.05) is 6.20 Å². The van der Waals surface area contributed by atoms with Crippen molar-refractivity contribution in [2.75, 3.05) is 7.11 Å². The summed E-state index contributed by atoms with van der Waals surface area (Å²) < 4.78 is 6.74. The molecule has 1 atom stereocenters. The molecule has 1 aromatic carbocycles. The van der Waals surface area contributed by atoms with Crippen molar-refractivity contribution in [3.63, 3.8) is 0 Å². The molecule has 3 aromatic rings. The lowest BCUT2D eigenvalue weighted by Crippen LogP contribution is -2.36. The lowest BCUT2D eigenvalue weighted by Gasteiger charge is -2.29. The summed E-state index contributed by atoms with van der Waals surface area (Å²) in [6, 6.07) is 13.3. The zero-order valence-corrected chi connectivity index (χ0v) is 14.8. The number of hydrogen-bond acceptors (Lipinski definition) is 5. The first-order valence-electron chi connectivity index (χ1n) is 8.33. The SMILES string of the molecule is COc1ccc(C(C)N(Cc2ccccn2)C(=O)Cn2cncn2)cc1. The molecule has 134 valence electrons. The molecule has 3 rings (SSSR count). The van der Waals surface area contributed by atoms with Gasteiger partial charge < -0.3 is 9.64 Å². The van der Waals surface area contributed by atoms with E-state index in [1.807, 2.05) is 49.4 Å². The maximum absolute atomic E-state index is 12.9. The molecule has 0 aliphatic carbocycles. The van der Waals surface area contributed by atoms with Crippen LogP contribution in [0.3, 0.4) is 0 Å². The molecule has 2 heterocycles. The van der Waals surface area contributed by atoms with E-state index in [1.54, 1.807) is 18.2 Å². The summed E-state index contributed by atoms with van der Waals surface area (Å²) in [7, 11) is 1.63. The average Bonchev–Trinajstić information content (AvgIpc) is 3.19. The minimum absolute atomic E-state index is 0.0514. The largest absolute Gasteiger partial charge is 0.497 e. The normalized spacial score (nSPS) is 11.8. The van der Waals surface area contributed by atoms with Crippen LogP contribution in [0.25, 0.3) is 0 Å². The summed E-state index contributed by atoms with van der Waals surface area (Å²) >= 11 is 0. The third-order valence-corrected chi connectivity index (χ3v) is 4.21. The van der Waals surface area contributed by atoms with Crippen LogP contribution in [0.5, 0.6) is 5.75 Å². The summed E-state index contributed by atoms with van der Waals surface area (Å²) in [5, 5.41) is 4.03. The first kappa shape index (κ1) is 17.6. The van der Waals surface area contributed by atoms with Gasteiger partial charge in [-0.2, -0.15) is 5.10 Å². The van der Waals surface area contributed by atoms with E-state index < -0.39 is 0 Å². The maximum Gasteiger partial charge on any atom is 0.245 e. The number of ether oxygens (including phenoxy) is 1. The zero-order chi connectivity index (χ0) is 18.4. The van der Waals surface area contributed by atoms with Gasteiger partial charge in [0.15, 0.2) is 0 Å². The van der Waals surface area contributed by atoms with Gasteiger partial charge in [-0.05, 0) is 36.8 Å². The molecule has 1 unspecified atom stereocenters. The summed E-state index contributed by atoms with van der Waals surface area (Å²) in [6.45, 7) is 2.55. The Morgan fingerprint density at radius 3 is 2.65 bits per heavy atom. The number of aromatic nitrogens is 4. The highest BCUT2D eigenvalue weighted by atomic mass is 16.5. The fraction of sp³-hybridized carbons (Fsp3) is 0.263. The first-order valence-corrected chi connectivity index (χ1v) is 8.33. The van der Waals surface area contributed by atoms with E-state index in [-0.39, 0.29) is 18.5 Å². The third-order valence-electron chi connectivity index (χ3n) is 4.21. The molecule has 0 aliphatic rings. The number of benzene rings is 1. The van der Waals surface area contributed by atoms with Crippen LogP contribution in [0.15, 0.2) is 61.3 Å². The fourth-order valence-electron chi connectivity index (χ4n) is 2.71. The van der Waals surface area contributed by atoms with Gasteiger partial charge in [0.1, 0.15) is 24.9 Å². The van der Waals surface area contributed by atoms with Gasteiger partial charge in [-0.25, -0.2) is 9.67 Å². The van der Waals surface area contributed by atoms with Crippen LogP contribution in [0.2, 0.25) is 0 Å². The molecule has 1 amide bonds. The van der Waals surface area contributed by atoms with Gasteiger partial charge in [0.05, 0.1) is 25.4 Å². The van der Waals surface area contributed by atoms with Crippen LogP contribution >= 0.6 is 0 Å². The zero-order valence-electron chi connectivity index (χ0n) is 14.8. The fourth-order valence-corrected chi connectivity index (χ4v) is 2.71. The third kappa shape index (κ3) is 4.24. The Labute approximate surface area is 152 Å². The van der Waals surface area contributed by atoms with Gasteiger partial charge in [-0.1, -0.05) is 18.2 Å². The molecule has 0 bridgehead atoms. The predicted molar refractivity (Wildman–Crippen MR) is 96.2 cm³/mol. The summed E-state index contributed by atoms with van der Waals surface area (Å²) in [5.41, 5.74) is 1.86. The van der Waals surface area contributed by atoms with Gasteiger partial charge in [0.25, 0.3) is 0 Å². The summed E-state index contributed by atoms with van der Waals surface area (Å²) in [4.78, 5) is 23.0. The molecule has 0 saturated heterocycles. The van der Waals surface area contributed by atoms with E-state index in [0.29, 0.717) is 6.54 Å². The molecule has 7 heteroatoms. The number of methoxy groups -OCH3 is 1. The number of nitrogens with zero attached hydrogens (tertiary/aromatic N) is 5. The Morgan fingerprint density at radius 2 is 2.04 bits per heavy atom. The number of hydrogen-bond donors (Lipinski definition) is 0. The van der Waals surface area contributed by atoms with Crippen molar-refractivity contribution in [2.45, 2.75) is 26.1 Å². The molecule has 0 aliphatic heterocycles. The van der Waals surface area contributed by atoms with E-state index >= 15 is 0 Å². The highest BCUT2D eigenvalue weighted by molar-refractivity contribution is 5.76. The molecule has 7 nitrogen and oxygen atoms in total. The second-order valence-electron chi connectivity index (χ2n) is 5.88. The number of carbonyl (C=O) groups is 1. The molecular weight excluding hydrogens is 330 g/mol. The lowest BCUT2D eigenvalue weighted by atomic mass is 10.1. The van der Waals surface area contributed by atoms with Crippen molar-refractivity contribution >= 4 is 5.91 Å². The predicted octanol–water partition coefficient (Wildman–Crippen LogP) is 2.47. The monoisotopic (exact) mass is 351 g/mol. The molecule has 0 N–H and O–H groups in total. The summed E-state index contributed by atoms with van der Waals surface area (Å²) in [5.74, 6) is 0.732. The van der Waals surface area contributed by atoms with Crippen LogP contribution in [-0.2, 0) is 17.9 Å². The molecule has 26 heavy (non-hydrogen) atoms. The van der Waals surface area contributed by atoms with E-state index in [1.165, 1.54) is 17.3 Å². The molecule has 2 aromatic heterocycles. The maximum atomic E-state index is 12.9. The molecule has 0 radical (unpaired) electrons. The van der Waals surface area contributed by atoms with Crippen LogP contribution in [-0.4, -0.2) is 37.7 Å². The van der Waals surface area contributed by atoms with Crippen molar-refractivity contribution in [1.29, 1.82) is 0 Å². The van der Waals surface area contributed by atoms with E-state index in [4.69, 9.17) is 4.74 Å². The highest BCUT2D eigenvalue weighted by Gasteiger charge is 2.23. The van der Waals surface area contributed by atoms with E-state index in [9.17, 15) is 4.79 Å². The molecular formula is C19H21N5O2.